The Morgan fingerprint density at radius 1 is 1.06 bits per heavy atom. The van der Waals surface area contributed by atoms with Gasteiger partial charge in [0.25, 0.3) is 0 Å². The lowest BCUT2D eigenvalue weighted by Crippen LogP contribution is -2.23. The van der Waals surface area contributed by atoms with E-state index in [1.807, 2.05) is 44.2 Å². The number of hydrogen-bond acceptors (Lipinski definition) is 4. The number of nitrogens with zero attached hydrogens (tertiary/aromatic N) is 2. The average Bonchev–Trinajstić information content (AvgIpc) is 2.82. The van der Waals surface area contributed by atoms with Crippen LogP contribution >= 0.6 is 0 Å². The molecule has 1 unspecified atom stereocenters. The van der Waals surface area contributed by atoms with E-state index in [4.69, 9.17) is 9.97 Å². The van der Waals surface area contributed by atoms with Crippen LogP contribution in [0.15, 0.2) is 48.5 Å². The molecule has 2 aromatic carbocycles. The number of fused-ring (bicyclic) bond motifs is 3. The summed E-state index contributed by atoms with van der Waals surface area (Å²) < 4.78 is 0. The number of rotatable bonds is 7. The molecule has 1 heterocycles. The van der Waals surface area contributed by atoms with E-state index in [1.165, 1.54) is 11.1 Å². The predicted molar refractivity (Wildman–Crippen MR) is 123 cm³/mol. The molecule has 1 aliphatic carbocycles. The fraction of sp³-hybridized carbons (Fsp3) is 0.346. The largest absolute Gasteiger partial charge is 0.392 e. The Balaban J connectivity index is 1.71. The second-order valence-corrected chi connectivity index (χ2v) is 8.25. The average molecular weight is 416 g/mol. The molecule has 0 radical (unpaired) electrons. The van der Waals surface area contributed by atoms with E-state index in [0.29, 0.717) is 12.2 Å². The smallest absolute Gasteiger partial charge is 0.228 e. The first-order valence-electron chi connectivity index (χ1n) is 11.1. The van der Waals surface area contributed by atoms with Gasteiger partial charge in [-0.1, -0.05) is 62.4 Å². The van der Waals surface area contributed by atoms with E-state index in [2.05, 4.69) is 23.5 Å². The van der Waals surface area contributed by atoms with Crippen molar-refractivity contribution in [3.05, 3.63) is 76.6 Å². The predicted octanol–water partition coefficient (Wildman–Crippen LogP) is 4.50. The molecule has 5 heteroatoms. The zero-order valence-corrected chi connectivity index (χ0v) is 18.2. The number of carbonyl (C=O) groups is 1. The van der Waals surface area contributed by atoms with Crippen molar-refractivity contribution in [2.45, 2.75) is 52.6 Å². The van der Waals surface area contributed by atoms with Gasteiger partial charge in [0.15, 0.2) is 5.82 Å². The number of hydrogen-bond donors (Lipinski definition) is 2. The molecular weight excluding hydrogens is 386 g/mol. The van der Waals surface area contributed by atoms with Crippen molar-refractivity contribution >= 4 is 11.7 Å². The van der Waals surface area contributed by atoms with E-state index < -0.39 is 0 Å². The maximum absolute atomic E-state index is 12.6. The van der Waals surface area contributed by atoms with Crippen LogP contribution in [0.3, 0.4) is 0 Å². The van der Waals surface area contributed by atoms with Gasteiger partial charge >= 0.3 is 0 Å². The molecule has 0 bridgehead atoms. The minimum absolute atomic E-state index is 0.0125. The quantitative estimate of drug-likeness (QED) is 0.596. The van der Waals surface area contributed by atoms with Crippen LogP contribution < -0.4 is 5.32 Å². The van der Waals surface area contributed by atoms with E-state index in [0.717, 1.165) is 53.9 Å². The fourth-order valence-corrected chi connectivity index (χ4v) is 3.94. The molecule has 3 aromatic rings. The van der Waals surface area contributed by atoms with Gasteiger partial charge in [-0.15, -0.1) is 0 Å². The minimum atomic E-state index is -0.0718. The van der Waals surface area contributed by atoms with E-state index >= 15 is 0 Å². The van der Waals surface area contributed by atoms with Gasteiger partial charge in [-0.05, 0) is 48.8 Å². The summed E-state index contributed by atoms with van der Waals surface area (Å²) in [6.07, 6.45) is 3.94. The number of aromatic nitrogens is 2. The molecule has 1 amide bonds. The molecule has 2 N–H and O–H groups in total. The van der Waals surface area contributed by atoms with Gasteiger partial charge in [0.05, 0.1) is 23.7 Å². The highest BCUT2D eigenvalue weighted by atomic mass is 16.3. The molecule has 31 heavy (non-hydrogen) atoms. The van der Waals surface area contributed by atoms with Crippen molar-refractivity contribution in [2.24, 2.45) is 5.92 Å². The molecule has 0 saturated carbocycles. The molecule has 5 nitrogen and oxygen atoms in total. The summed E-state index contributed by atoms with van der Waals surface area (Å²) >= 11 is 0. The maximum atomic E-state index is 12.6. The summed E-state index contributed by atoms with van der Waals surface area (Å²) in [5.41, 5.74) is 7.05. The van der Waals surface area contributed by atoms with E-state index in [-0.39, 0.29) is 18.4 Å². The molecule has 4 rings (SSSR count). The number of carbonyl (C=O) groups excluding carboxylic acids is 1. The van der Waals surface area contributed by atoms with Gasteiger partial charge in [0.2, 0.25) is 5.91 Å². The Morgan fingerprint density at radius 2 is 1.87 bits per heavy atom. The Bertz CT molecular complexity index is 1080. The van der Waals surface area contributed by atoms with Gasteiger partial charge < -0.3 is 10.4 Å². The lowest BCUT2D eigenvalue weighted by Gasteiger charge is -2.22. The van der Waals surface area contributed by atoms with Crippen LogP contribution in [0, 0.1) is 5.92 Å². The number of aliphatic hydroxyl groups excluding tert-OH is 1. The third-order valence-electron chi connectivity index (χ3n) is 6.07. The molecule has 1 aromatic heterocycles. The first-order valence-corrected chi connectivity index (χ1v) is 11.1. The molecular formula is C26H29N3O2. The van der Waals surface area contributed by atoms with Gasteiger partial charge in [0.1, 0.15) is 0 Å². The van der Waals surface area contributed by atoms with E-state index in [1.54, 1.807) is 0 Å². The first kappa shape index (κ1) is 21.2. The number of nitrogens with one attached hydrogen (secondary N) is 1. The number of anilines is 1. The minimum Gasteiger partial charge on any atom is -0.392 e. The summed E-state index contributed by atoms with van der Waals surface area (Å²) in [6.45, 7) is 3.98. The molecule has 0 saturated heterocycles. The summed E-state index contributed by atoms with van der Waals surface area (Å²) in [7, 11) is 0. The number of benzene rings is 2. The van der Waals surface area contributed by atoms with Crippen LogP contribution in [-0.2, 0) is 37.1 Å². The van der Waals surface area contributed by atoms with Gasteiger partial charge in [-0.25, -0.2) is 9.97 Å². The van der Waals surface area contributed by atoms with Crippen molar-refractivity contribution in [3.63, 3.8) is 0 Å². The van der Waals surface area contributed by atoms with Crippen molar-refractivity contribution in [3.8, 4) is 11.3 Å². The van der Waals surface area contributed by atoms with E-state index in [9.17, 15) is 9.90 Å². The van der Waals surface area contributed by atoms with Crippen LogP contribution in [0.25, 0.3) is 11.3 Å². The monoisotopic (exact) mass is 415 g/mol. The standard InChI is InChI=1S/C26H29N3O2/c1-3-17(2)26(31)29-25-23(13-10-18-7-5-4-6-8-18)27-24-21-12-9-19(16-30)15-20(21)11-14-22(24)28-25/h4-9,12,15,17,30H,3,10-11,13-14,16H2,1-2H3,(H,28,29,31). The number of amides is 1. The first-order chi connectivity index (χ1) is 15.1. The van der Waals surface area contributed by atoms with Crippen LogP contribution in [0.1, 0.15) is 48.3 Å². The van der Waals surface area contributed by atoms with Crippen LogP contribution in [0.4, 0.5) is 5.82 Å². The normalized spacial score (nSPS) is 13.3. The summed E-state index contributed by atoms with van der Waals surface area (Å²) in [6, 6.07) is 16.3. The summed E-state index contributed by atoms with van der Waals surface area (Å²) in [5.74, 6) is 0.509. The highest BCUT2D eigenvalue weighted by Crippen LogP contribution is 2.33. The van der Waals surface area contributed by atoms with Crippen molar-refractivity contribution in [1.82, 2.24) is 9.97 Å². The fourth-order valence-electron chi connectivity index (χ4n) is 3.94. The number of aryl methyl sites for hydroxylation is 4. The third kappa shape index (κ3) is 4.67. The molecule has 1 atom stereocenters. The van der Waals surface area contributed by atoms with Gasteiger partial charge in [0, 0.05) is 11.5 Å². The Hall–Kier alpha value is -3.05. The Kier molecular flexibility index (Phi) is 6.42. The summed E-state index contributed by atoms with van der Waals surface area (Å²) in [5, 5.41) is 12.5. The zero-order chi connectivity index (χ0) is 21.8. The highest BCUT2D eigenvalue weighted by molar-refractivity contribution is 5.92. The van der Waals surface area contributed by atoms with Gasteiger partial charge in [-0.2, -0.15) is 0 Å². The maximum Gasteiger partial charge on any atom is 0.228 e. The lowest BCUT2D eigenvalue weighted by atomic mass is 9.90. The zero-order valence-electron chi connectivity index (χ0n) is 18.2. The highest BCUT2D eigenvalue weighted by Gasteiger charge is 2.23. The van der Waals surface area contributed by atoms with Crippen molar-refractivity contribution < 1.29 is 9.90 Å². The Labute approximate surface area is 183 Å². The third-order valence-corrected chi connectivity index (χ3v) is 6.07. The summed E-state index contributed by atoms with van der Waals surface area (Å²) in [4.78, 5) is 22.5. The molecule has 160 valence electrons. The second kappa shape index (κ2) is 9.40. The molecule has 0 spiro atoms. The molecule has 1 aliphatic rings. The van der Waals surface area contributed by atoms with Crippen LogP contribution in [0.5, 0.6) is 0 Å². The Morgan fingerprint density at radius 3 is 2.61 bits per heavy atom. The van der Waals surface area contributed by atoms with Crippen LogP contribution in [-0.4, -0.2) is 21.0 Å². The lowest BCUT2D eigenvalue weighted by molar-refractivity contribution is -0.119. The van der Waals surface area contributed by atoms with Gasteiger partial charge in [-0.3, -0.25) is 4.79 Å². The van der Waals surface area contributed by atoms with Crippen LogP contribution in [0.2, 0.25) is 0 Å². The number of aliphatic hydroxyl groups is 1. The van der Waals surface area contributed by atoms with Crippen molar-refractivity contribution in [2.75, 3.05) is 5.32 Å². The topological polar surface area (TPSA) is 75.1 Å². The SMILES string of the molecule is CCC(C)C(=O)Nc1nc2c(nc1CCc1ccccc1)-c1ccc(CO)cc1CC2. The van der Waals surface area contributed by atoms with Crippen molar-refractivity contribution in [1.29, 1.82) is 0 Å². The molecule has 0 aliphatic heterocycles. The second-order valence-electron chi connectivity index (χ2n) is 8.25. The molecule has 0 fully saturated rings.